The lowest BCUT2D eigenvalue weighted by atomic mass is 10.3. The second-order valence-corrected chi connectivity index (χ2v) is 3.58. The van der Waals surface area contributed by atoms with E-state index in [1.165, 1.54) is 17.1 Å². The quantitative estimate of drug-likeness (QED) is 0.816. The number of rotatable bonds is 1. The Morgan fingerprint density at radius 1 is 1.29 bits per heavy atom. The topological polar surface area (TPSA) is 38.1 Å². The Kier molecular flexibility index (Phi) is 2.35. The van der Waals surface area contributed by atoms with Gasteiger partial charge in [0.2, 0.25) is 0 Å². The molecule has 3 nitrogen and oxygen atoms in total. The van der Waals surface area contributed by atoms with Crippen LogP contribution in [0.3, 0.4) is 0 Å². The van der Waals surface area contributed by atoms with Gasteiger partial charge >= 0.3 is 0 Å². The van der Waals surface area contributed by atoms with E-state index in [-0.39, 0.29) is 5.75 Å². The van der Waals surface area contributed by atoms with Gasteiger partial charge in [-0.05, 0) is 18.2 Å². The fourth-order valence-electron chi connectivity index (χ4n) is 1.11. The highest BCUT2D eigenvalue weighted by Gasteiger charge is 2.04. The third kappa shape index (κ3) is 1.69. The summed E-state index contributed by atoms with van der Waals surface area (Å²) in [5, 5.41) is 14.1. The van der Waals surface area contributed by atoms with E-state index < -0.39 is 0 Å². The Labute approximate surface area is 90.5 Å². The molecule has 72 valence electrons. The van der Waals surface area contributed by atoms with Gasteiger partial charge < -0.3 is 5.11 Å². The van der Waals surface area contributed by atoms with Crippen LogP contribution in [0, 0.1) is 0 Å². The van der Waals surface area contributed by atoms with Crippen LogP contribution in [0.25, 0.3) is 5.69 Å². The van der Waals surface area contributed by atoms with Gasteiger partial charge in [0, 0.05) is 5.02 Å². The average Bonchev–Trinajstić information content (AvgIpc) is 2.51. The number of nitrogens with zero attached hydrogens (tertiary/aromatic N) is 2. The van der Waals surface area contributed by atoms with Gasteiger partial charge in [-0.25, -0.2) is 4.68 Å². The van der Waals surface area contributed by atoms with E-state index in [0.29, 0.717) is 15.7 Å². The Hall–Kier alpha value is -1.19. The van der Waals surface area contributed by atoms with Gasteiger partial charge in [0.25, 0.3) is 0 Å². The van der Waals surface area contributed by atoms with Crippen LogP contribution in [0.5, 0.6) is 5.75 Å². The Morgan fingerprint density at radius 2 is 2.07 bits per heavy atom. The van der Waals surface area contributed by atoms with Crippen LogP contribution in [-0.2, 0) is 0 Å². The molecule has 1 aromatic carbocycles. The number of benzene rings is 1. The summed E-state index contributed by atoms with van der Waals surface area (Å²) < 4.78 is 1.48. The fourth-order valence-corrected chi connectivity index (χ4v) is 1.61. The minimum Gasteiger partial charge on any atom is -0.505 e. The predicted octanol–water partition coefficient (Wildman–Crippen LogP) is 2.88. The molecule has 0 fully saturated rings. The predicted molar refractivity (Wildman–Crippen MR) is 55.2 cm³/mol. The lowest BCUT2D eigenvalue weighted by Crippen LogP contribution is -1.94. The van der Waals surface area contributed by atoms with E-state index in [0.717, 1.165) is 0 Å². The zero-order valence-corrected chi connectivity index (χ0v) is 8.50. The van der Waals surface area contributed by atoms with Crippen LogP contribution in [0.2, 0.25) is 10.0 Å². The number of hydrogen-bond donors (Lipinski definition) is 1. The average molecular weight is 229 g/mol. The lowest BCUT2D eigenvalue weighted by molar-refractivity contribution is 0.475. The van der Waals surface area contributed by atoms with Crippen molar-refractivity contribution in [3.8, 4) is 11.4 Å². The molecule has 0 atom stereocenters. The molecule has 0 aliphatic carbocycles. The third-order valence-electron chi connectivity index (χ3n) is 1.73. The molecule has 0 radical (unpaired) electrons. The van der Waals surface area contributed by atoms with Crippen molar-refractivity contribution in [3.63, 3.8) is 0 Å². The van der Waals surface area contributed by atoms with Crippen molar-refractivity contribution in [3.05, 3.63) is 40.6 Å². The van der Waals surface area contributed by atoms with Gasteiger partial charge in [0.05, 0.1) is 23.1 Å². The molecule has 0 aliphatic rings. The summed E-state index contributed by atoms with van der Waals surface area (Å²) in [6, 6.07) is 5.07. The normalized spacial score (nSPS) is 10.4. The van der Waals surface area contributed by atoms with E-state index in [4.69, 9.17) is 28.3 Å². The van der Waals surface area contributed by atoms with Crippen LogP contribution in [-0.4, -0.2) is 14.9 Å². The highest BCUT2D eigenvalue weighted by molar-refractivity contribution is 6.35. The highest BCUT2D eigenvalue weighted by atomic mass is 35.5. The molecule has 0 spiro atoms. The molecule has 0 saturated carbocycles. The summed E-state index contributed by atoms with van der Waals surface area (Å²) in [6.07, 6.45) is 2.81. The molecule has 0 saturated heterocycles. The van der Waals surface area contributed by atoms with Crippen LogP contribution in [0.1, 0.15) is 0 Å². The van der Waals surface area contributed by atoms with Crippen LogP contribution < -0.4 is 0 Å². The summed E-state index contributed by atoms with van der Waals surface area (Å²) in [6.45, 7) is 0. The van der Waals surface area contributed by atoms with Gasteiger partial charge in [-0.3, -0.25) is 0 Å². The fraction of sp³-hybridized carbons (Fsp3) is 0. The van der Waals surface area contributed by atoms with Crippen molar-refractivity contribution in [2.75, 3.05) is 0 Å². The Bertz CT molecular complexity index is 468. The van der Waals surface area contributed by atoms with Gasteiger partial charge in [-0.2, -0.15) is 5.10 Å². The van der Waals surface area contributed by atoms with Crippen molar-refractivity contribution in [1.29, 1.82) is 0 Å². The second-order valence-electron chi connectivity index (χ2n) is 2.74. The first-order valence-corrected chi connectivity index (χ1v) is 4.61. The minimum absolute atomic E-state index is 0.0935. The maximum Gasteiger partial charge on any atom is 0.153 e. The van der Waals surface area contributed by atoms with E-state index >= 15 is 0 Å². The first kappa shape index (κ1) is 9.37. The molecule has 14 heavy (non-hydrogen) atoms. The largest absolute Gasteiger partial charge is 0.505 e. The second kappa shape index (κ2) is 3.52. The van der Waals surface area contributed by atoms with E-state index in [1.807, 2.05) is 0 Å². The molecular formula is C9H6Cl2N2O. The summed E-state index contributed by atoms with van der Waals surface area (Å²) in [5.74, 6) is 0.0935. The smallest absolute Gasteiger partial charge is 0.153 e. The molecule has 0 bridgehead atoms. The maximum absolute atomic E-state index is 9.11. The lowest BCUT2D eigenvalue weighted by Gasteiger charge is -2.03. The molecule has 1 N–H and O–H groups in total. The van der Waals surface area contributed by atoms with Crippen molar-refractivity contribution in [2.24, 2.45) is 0 Å². The van der Waals surface area contributed by atoms with Crippen LogP contribution in [0.4, 0.5) is 0 Å². The van der Waals surface area contributed by atoms with Crippen LogP contribution in [0.15, 0.2) is 30.6 Å². The molecule has 1 heterocycles. The van der Waals surface area contributed by atoms with E-state index in [2.05, 4.69) is 5.10 Å². The zero-order valence-electron chi connectivity index (χ0n) is 6.98. The summed E-state index contributed by atoms with van der Waals surface area (Å²) in [4.78, 5) is 0. The molecule has 2 rings (SSSR count). The number of halogens is 2. The summed E-state index contributed by atoms with van der Waals surface area (Å²) >= 11 is 11.7. The summed E-state index contributed by atoms with van der Waals surface area (Å²) in [5.41, 5.74) is 0.677. The molecule has 0 unspecified atom stereocenters. The summed E-state index contributed by atoms with van der Waals surface area (Å²) in [7, 11) is 0. The van der Waals surface area contributed by atoms with Crippen LogP contribution >= 0.6 is 23.2 Å². The van der Waals surface area contributed by atoms with Crippen molar-refractivity contribution in [2.45, 2.75) is 0 Å². The van der Waals surface area contributed by atoms with Crippen molar-refractivity contribution in [1.82, 2.24) is 9.78 Å². The highest BCUT2D eigenvalue weighted by Crippen LogP contribution is 2.24. The molecule has 1 aromatic heterocycles. The molecule has 0 aliphatic heterocycles. The molecule has 5 heteroatoms. The maximum atomic E-state index is 9.11. The van der Waals surface area contributed by atoms with Gasteiger partial charge in [0.15, 0.2) is 5.75 Å². The monoisotopic (exact) mass is 228 g/mol. The minimum atomic E-state index is 0.0935. The zero-order chi connectivity index (χ0) is 10.1. The number of aromatic nitrogens is 2. The van der Waals surface area contributed by atoms with Gasteiger partial charge in [-0.15, -0.1) is 0 Å². The SMILES string of the molecule is Oc1cnn(-c2ccc(Cl)cc2Cl)c1. The number of aromatic hydroxyl groups is 1. The van der Waals surface area contributed by atoms with Gasteiger partial charge in [0.1, 0.15) is 0 Å². The first-order valence-electron chi connectivity index (χ1n) is 3.86. The first-order chi connectivity index (χ1) is 6.66. The standard InChI is InChI=1S/C9H6Cl2N2O/c10-6-1-2-9(8(11)3-6)13-5-7(14)4-12-13/h1-5,14H. The van der Waals surface area contributed by atoms with E-state index in [9.17, 15) is 0 Å². The Balaban J connectivity index is 2.52. The third-order valence-corrected chi connectivity index (χ3v) is 2.26. The number of hydrogen-bond acceptors (Lipinski definition) is 2. The molecule has 0 amide bonds. The molecule has 2 aromatic rings. The molecular weight excluding hydrogens is 223 g/mol. The van der Waals surface area contributed by atoms with Gasteiger partial charge in [-0.1, -0.05) is 23.2 Å². The van der Waals surface area contributed by atoms with E-state index in [1.54, 1.807) is 18.2 Å². The van der Waals surface area contributed by atoms with Crippen molar-refractivity contribution >= 4 is 23.2 Å². The van der Waals surface area contributed by atoms with Crippen molar-refractivity contribution < 1.29 is 5.11 Å². The Morgan fingerprint density at radius 3 is 2.64 bits per heavy atom.